The van der Waals surface area contributed by atoms with Gasteiger partial charge in [-0.1, -0.05) is 30.3 Å². The van der Waals surface area contributed by atoms with Crippen LogP contribution in [0.15, 0.2) is 42.6 Å². The van der Waals surface area contributed by atoms with Gasteiger partial charge in [-0.05, 0) is 50.3 Å². The second-order valence-electron chi connectivity index (χ2n) is 9.17. The molecular formula is C25H33N5O4. The van der Waals surface area contributed by atoms with Gasteiger partial charge in [0.15, 0.2) is 0 Å². The Morgan fingerprint density at radius 2 is 1.82 bits per heavy atom. The fourth-order valence-electron chi connectivity index (χ4n) is 4.68. The maximum absolute atomic E-state index is 12.3. The maximum atomic E-state index is 12.3. The number of hydrogen-bond donors (Lipinski definition) is 0. The van der Waals surface area contributed by atoms with Crippen LogP contribution in [0.5, 0.6) is 0 Å². The van der Waals surface area contributed by atoms with Crippen molar-refractivity contribution < 1.29 is 14.5 Å². The second kappa shape index (κ2) is 11.3. The van der Waals surface area contributed by atoms with Gasteiger partial charge < -0.3 is 14.5 Å². The third kappa shape index (κ3) is 6.22. The van der Waals surface area contributed by atoms with Gasteiger partial charge in [-0.2, -0.15) is 0 Å². The van der Waals surface area contributed by atoms with Crippen LogP contribution in [0.4, 0.5) is 16.3 Å². The minimum absolute atomic E-state index is 0.0724. The summed E-state index contributed by atoms with van der Waals surface area (Å²) in [6, 6.07) is 11.6. The van der Waals surface area contributed by atoms with E-state index in [2.05, 4.69) is 14.8 Å². The number of pyridine rings is 1. The SMILES string of the molecule is Cc1cc(N2CCC(CCN3CCN(C(=O)OCc4ccccc4)CC3)CC2)ncc1[N+](=O)[O-]. The molecule has 2 saturated heterocycles. The number of nitrogens with zero attached hydrogens (tertiary/aromatic N) is 5. The number of aryl methyl sites for hydroxylation is 1. The zero-order valence-electron chi connectivity index (χ0n) is 19.8. The molecule has 0 N–H and O–H groups in total. The van der Waals surface area contributed by atoms with E-state index in [1.165, 1.54) is 6.20 Å². The molecule has 0 saturated carbocycles. The van der Waals surface area contributed by atoms with E-state index in [0.29, 0.717) is 31.2 Å². The molecule has 0 radical (unpaired) electrons. The van der Waals surface area contributed by atoms with Gasteiger partial charge in [-0.3, -0.25) is 15.0 Å². The first kappa shape index (κ1) is 23.9. The number of anilines is 1. The van der Waals surface area contributed by atoms with E-state index in [-0.39, 0.29) is 16.7 Å². The average Bonchev–Trinajstić information content (AvgIpc) is 2.87. The molecule has 3 heterocycles. The maximum Gasteiger partial charge on any atom is 0.410 e. The molecule has 2 aliphatic heterocycles. The van der Waals surface area contributed by atoms with Crippen molar-refractivity contribution in [3.05, 3.63) is 63.8 Å². The number of amides is 1. The molecule has 0 bridgehead atoms. The van der Waals surface area contributed by atoms with E-state index in [9.17, 15) is 14.9 Å². The summed E-state index contributed by atoms with van der Waals surface area (Å²) in [7, 11) is 0. The Bertz CT molecular complexity index is 971. The number of hydrogen-bond acceptors (Lipinski definition) is 7. The van der Waals surface area contributed by atoms with Crippen molar-refractivity contribution in [2.75, 3.05) is 50.7 Å². The van der Waals surface area contributed by atoms with Gasteiger partial charge in [0, 0.05) is 44.8 Å². The summed E-state index contributed by atoms with van der Waals surface area (Å²) in [5, 5.41) is 11.0. The Hall–Kier alpha value is -3.20. The molecule has 0 unspecified atom stereocenters. The monoisotopic (exact) mass is 467 g/mol. The molecule has 1 aromatic carbocycles. The highest BCUT2D eigenvalue weighted by Crippen LogP contribution is 2.27. The lowest BCUT2D eigenvalue weighted by molar-refractivity contribution is -0.385. The predicted octanol–water partition coefficient (Wildman–Crippen LogP) is 3.86. The van der Waals surface area contributed by atoms with Crippen molar-refractivity contribution in [3.8, 4) is 0 Å². The minimum Gasteiger partial charge on any atom is -0.445 e. The van der Waals surface area contributed by atoms with Crippen molar-refractivity contribution in [1.29, 1.82) is 0 Å². The fourth-order valence-corrected chi connectivity index (χ4v) is 4.68. The Morgan fingerprint density at radius 3 is 2.47 bits per heavy atom. The zero-order valence-corrected chi connectivity index (χ0v) is 19.8. The smallest absolute Gasteiger partial charge is 0.410 e. The van der Waals surface area contributed by atoms with Crippen LogP contribution in [0.1, 0.15) is 30.4 Å². The van der Waals surface area contributed by atoms with E-state index >= 15 is 0 Å². The third-order valence-corrected chi connectivity index (χ3v) is 6.89. The van der Waals surface area contributed by atoms with Gasteiger partial charge in [0.1, 0.15) is 18.6 Å². The van der Waals surface area contributed by atoms with Gasteiger partial charge >= 0.3 is 6.09 Å². The first-order chi connectivity index (χ1) is 16.5. The van der Waals surface area contributed by atoms with Gasteiger partial charge in [0.25, 0.3) is 5.69 Å². The van der Waals surface area contributed by atoms with Gasteiger partial charge in [-0.15, -0.1) is 0 Å². The Morgan fingerprint density at radius 1 is 1.12 bits per heavy atom. The number of piperidine rings is 1. The molecule has 2 aromatic rings. The first-order valence-electron chi connectivity index (χ1n) is 12.0. The highest BCUT2D eigenvalue weighted by molar-refractivity contribution is 5.67. The van der Waals surface area contributed by atoms with Crippen LogP contribution in [-0.4, -0.2) is 71.6 Å². The number of aromatic nitrogens is 1. The van der Waals surface area contributed by atoms with E-state index in [0.717, 1.165) is 63.4 Å². The normalized spacial score (nSPS) is 17.6. The van der Waals surface area contributed by atoms with Gasteiger partial charge in [-0.25, -0.2) is 9.78 Å². The van der Waals surface area contributed by atoms with Crippen LogP contribution in [0.3, 0.4) is 0 Å². The van der Waals surface area contributed by atoms with Crippen LogP contribution in [0, 0.1) is 23.0 Å². The molecule has 2 fully saturated rings. The first-order valence-corrected chi connectivity index (χ1v) is 12.0. The van der Waals surface area contributed by atoms with Crippen LogP contribution >= 0.6 is 0 Å². The minimum atomic E-state index is -0.383. The highest BCUT2D eigenvalue weighted by atomic mass is 16.6. The number of nitro groups is 1. The predicted molar refractivity (Wildman–Crippen MR) is 130 cm³/mol. The molecule has 1 amide bonds. The lowest BCUT2D eigenvalue weighted by Crippen LogP contribution is -2.49. The largest absolute Gasteiger partial charge is 0.445 e. The van der Waals surface area contributed by atoms with Crippen molar-refractivity contribution in [2.45, 2.75) is 32.8 Å². The molecule has 0 spiro atoms. The highest BCUT2D eigenvalue weighted by Gasteiger charge is 2.25. The molecule has 9 nitrogen and oxygen atoms in total. The van der Waals surface area contributed by atoms with Crippen molar-refractivity contribution in [2.24, 2.45) is 5.92 Å². The number of benzene rings is 1. The summed E-state index contributed by atoms with van der Waals surface area (Å²) in [5.41, 5.74) is 1.73. The number of carbonyl (C=O) groups excluding carboxylic acids is 1. The molecule has 2 aliphatic rings. The lowest BCUT2D eigenvalue weighted by atomic mass is 9.93. The summed E-state index contributed by atoms with van der Waals surface area (Å²) in [6.45, 7) is 8.15. The average molecular weight is 468 g/mol. The van der Waals surface area contributed by atoms with Crippen molar-refractivity contribution in [3.63, 3.8) is 0 Å². The molecule has 182 valence electrons. The van der Waals surface area contributed by atoms with E-state index in [1.807, 2.05) is 36.4 Å². The number of piperazine rings is 1. The summed E-state index contributed by atoms with van der Waals surface area (Å²) >= 11 is 0. The Balaban J connectivity index is 1.14. The topological polar surface area (TPSA) is 92.0 Å². The quantitative estimate of drug-likeness (QED) is 0.451. The standard InChI is InChI=1S/C25H33N5O4/c1-20-17-24(26-18-23(20)30(32)33)28-11-8-21(9-12-28)7-10-27-13-15-29(16-14-27)25(31)34-19-22-5-3-2-4-6-22/h2-6,17-18,21H,7-16,19H2,1H3. The van der Waals surface area contributed by atoms with Crippen molar-refractivity contribution >= 4 is 17.6 Å². The molecule has 0 atom stereocenters. The van der Waals surface area contributed by atoms with Crippen molar-refractivity contribution in [1.82, 2.24) is 14.8 Å². The molecular weight excluding hydrogens is 434 g/mol. The molecule has 9 heteroatoms. The molecule has 1 aromatic heterocycles. The third-order valence-electron chi connectivity index (χ3n) is 6.89. The molecule has 34 heavy (non-hydrogen) atoms. The lowest BCUT2D eigenvalue weighted by Gasteiger charge is -2.36. The Kier molecular flexibility index (Phi) is 7.95. The van der Waals surface area contributed by atoms with Crippen LogP contribution < -0.4 is 4.90 Å². The van der Waals surface area contributed by atoms with Gasteiger partial charge in [0.05, 0.1) is 4.92 Å². The van der Waals surface area contributed by atoms with E-state index in [1.54, 1.807) is 11.8 Å². The van der Waals surface area contributed by atoms with E-state index in [4.69, 9.17) is 4.74 Å². The summed E-state index contributed by atoms with van der Waals surface area (Å²) in [5.74, 6) is 1.50. The van der Waals surface area contributed by atoms with Gasteiger partial charge in [0.2, 0.25) is 0 Å². The second-order valence-corrected chi connectivity index (χ2v) is 9.17. The van der Waals surface area contributed by atoms with E-state index < -0.39 is 0 Å². The van der Waals surface area contributed by atoms with Crippen LogP contribution in [0.2, 0.25) is 0 Å². The Labute approximate surface area is 200 Å². The molecule has 4 rings (SSSR count). The van der Waals surface area contributed by atoms with Crippen LogP contribution in [-0.2, 0) is 11.3 Å². The van der Waals surface area contributed by atoms with Crippen LogP contribution in [0.25, 0.3) is 0 Å². The summed E-state index contributed by atoms with van der Waals surface area (Å²) in [4.78, 5) is 33.8. The summed E-state index contributed by atoms with van der Waals surface area (Å²) in [6.07, 6.45) is 4.49. The molecule has 0 aliphatic carbocycles. The number of rotatable bonds is 7. The fraction of sp³-hybridized carbons (Fsp3) is 0.520. The zero-order chi connectivity index (χ0) is 23.9. The number of ether oxygens (including phenoxy) is 1. The summed E-state index contributed by atoms with van der Waals surface area (Å²) < 4.78 is 5.46. The number of carbonyl (C=O) groups is 1.